The first kappa shape index (κ1) is 15.2. The quantitative estimate of drug-likeness (QED) is 0.929. The van der Waals surface area contributed by atoms with Crippen LogP contribution in [0.2, 0.25) is 0 Å². The van der Waals surface area contributed by atoms with E-state index in [-0.39, 0.29) is 11.5 Å². The molecule has 1 aliphatic heterocycles. The van der Waals surface area contributed by atoms with Crippen molar-refractivity contribution in [2.24, 2.45) is 17.6 Å². The Bertz CT molecular complexity index is 597. The first-order chi connectivity index (χ1) is 11.1. The van der Waals surface area contributed by atoms with Crippen molar-refractivity contribution in [2.45, 2.75) is 43.7 Å². The smallest absolute Gasteiger partial charge is 0.248 e. The van der Waals surface area contributed by atoms with Crippen LogP contribution in [0.1, 0.15) is 48.0 Å². The van der Waals surface area contributed by atoms with Crippen molar-refractivity contribution in [2.75, 3.05) is 20.2 Å². The van der Waals surface area contributed by atoms with Crippen LogP contribution in [0.5, 0.6) is 0 Å². The third-order valence-electron chi connectivity index (χ3n) is 6.23. The monoisotopic (exact) mass is 314 g/mol. The summed E-state index contributed by atoms with van der Waals surface area (Å²) in [5.74, 6) is 0.645. The van der Waals surface area contributed by atoms with Crippen LogP contribution in [0.4, 0.5) is 0 Å². The molecule has 4 rings (SSSR count). The number of likely N-dealkylation sites (tertiary alicyclic amines) is 1. The van der Waals surface area contributed by atoms with Gasteiger partial charge in [0.25, 0.3) is 0 Å². The van der Waals surface area contributed by atoms with Crippen molar-refractivity contribution in [1.82, 2.24) is 4.90 Å². The van der Waals surface area contributed by atoms with E-state index >= 15 is 0 Å². The minimum atomic E-state index is -0.362. The average molecular weight is 314 g/mol. The molecule has 23 heavy (non-hydrogen) atoms. The number of carbonyl (C=O) groups excluding carboxylic acids is 1. The zero-order valence-corrected chi connectivity index (χ0v) is 13.8. The van der Waals surface area contributed by atoms with Crippen molar-refractivity contribution >= 4 is 5.91 Å². The Morgan fingerprint density at radius 2 is 1.91 bits per heavy atom. The number of hydrogen-bond donors (Lipinski definition) is 1. The van der Waals surface area contributed by atoms with Crippen molar-refractivity contribution in [3.05, 3.63) is 35.4 Å². The first-order valence-electron chi connectivity index (χ1n) is 8.84. The Morgan fingerprint density at radius 3 is 2.48 bits per heavy atom. The zero-order chi connectivity index (χ0) is 16.0. The van der Waals surface area contributed by atoms with Gasteiger partial charge in [0, 0.05) is 43.6 Å². The van der Waals surface area contributed by atoms with Crippen LogP contribution in [0.15, 0.2) is 24.3 Å². The molecule has 3 atom stereocenters. The van der Waals surface area contributed by atoms with E-state index in [1.54, 1.807) is 6.07 Å². The van der Waals surface area contributed by atoms with E-state index in [1.165, 1.54) is 32.1 Å². The van der Waals surface area contributed by atoms with Gasteiger partial charge in [-0.05, 0) is 43.4 Å². The van der Waals surface area contributed by atoms with Crippen molar-refractivity contribution in [3.8, 4) is 0 Å². The minimum Gasteiger partial charge on any atom is -0.373 e. The van der Waals surface area contributed by atoms with Gasteiger partial charge < -0.3 is 10.5 Å². The van der Waals surface area contributed by atoms with Crippen LogP contribution in [0.3, 0.4) is 0 Å². The number of primary amides is 1. The van der Waals surface area contributed by atoms with Gasteiger partial charge in [0.2, 0.25) is 5.91 Å². The number of carbonyl (C=O) groups is 1. The maximum atomic E-state index is 11.6. The molecule has 4 nitrogen and oxygen atoms in total. The van der Waals surface area contributed by atoms with Crippen molar-refractivity contribution in [1.29, 1.82) is 0 Å². The molecule has 4 heteroatoms. The summed E-state index contributed by atoms with van der Waals surface area (Å²) in [6.45, 7) is 2.24. The van der Waals surface area contributed by atoms with E-state index in [0.29, 0.717) is 17.4 Å². The number of nitrogens with two attached hydrogens (primary N) is 1. The Hall–Kier alpha value is -1.39. The highest BCUT2D eigenvalue weighted by atomic mass is 16.5. The SMILES string of the molecule is COC1(c2cccc(C(N)=O)c2)[C@@H]2CCC[C@H]1CN(C1CC1)C2. The number of hydrogen-bond acceptors (Lipinski definition) is 3. The standard InChI is InChI=1S/C19H26N2O2/c1-23-19(14-5-2-4-13(10-14)18(20)22)15-6-3-7-16(19)12-21(11-15)17-8-9-17/h2,4-5,10,15-17H,3,6-9,11-12H2,1H3,(H2,20,22)/t15-,16+,19?. The molecule has 1 amide bonds. The molecular formula is C19H26N2O2. The number of methoxy groups -OCH3 is 1. The van der Waals surface area contributed by atoms with Gasteiger partial charge in [-0.1, -0.05) is 18.6 Å². The molecular weight excluding hydrogens is 288 g/mol. The topological polar surface area (TPSA) is 55.6 Å². The summed E-state index contributed by atoms with van der Waals surface area (Å²) < 4.78 is 6.24. The van der Waals surface area contributed by atoms with Crippen LogP contribution in [-0.4, -0.2) is 37.0 Å². The van der Waals surface area contributed by atoms with E-state index in [9.17, 15) is 4.79 Å². The normalized spacial score (nSPS) is 34.3. The summed E-state index contributed by atoms with van der Waals surface area (Å²) >= 11 is 0. The van der Waals surface area contributed by atoms with E-state index in [0.717, 1.165) is 24.7 Å². The van der Waals surface area contributed by atoms with E-state index in [1.807, 2.05) is 19.2 Å². The third-order valence-corrected chi connectivity index (χ3v) is 6.23. The predicted molar refractivity (Wildman–Crippen MR) is 89.1 cm³/mol. The average Bonchev–Trinajstić information content (AvgIpc) is 3.38. The van der Waals surface area contributed by atoms with Crippen LogP contribution in [0, 0.1) is 11.8 Å². The highest BCUT2D eigenvalue weighted by Crippen LogP contribution is 2.52. The molecule has 2 bridgehead atoms. The molecule has 124 valence electrons. The molecule has 2 saturated carbocycles. The Balaban J connectivity index is 1.73. The molecule has 1 heterocycles. The lowest BCUT2D eigenvalue weighted by Gasteiger charge is -2.55. The summed E-state index contributed by atoms with van der Waals surface area (Å²) in [4.78, 5) is 14.3. The highest BCUT2D eigenvalue weighted by Gasteiger charge is 2.54. The van der Waals surface area contributed by atoms with Gasteiger partial charge in [0.1, 0.15) is 5.60 Å². The van der Waals surface area contributed by atoms with Gasteiger partial charge in [0.15, 0.2) is 0 Å². The van der Waals surface area contributed by atoms with Crippen LogP contribution < -0.4 is 5.73 Å². The summed E-state index contributed by atoms with van der Waals surface area (Å²) in [7, 11) is 1.84. The molecule has 1 unspecified atom stereocenters. The van der Waals surface area contributed by atoms with Gasteiger partial charge >= 0.3 is 0 Å². The fraction of sp³-hybridized carbons (Fsp3) is 0.632. The summed E-state index contributed by atoms with van der Waals surface area (Å²) in [5.41, 5.74) is 6.96. The number of rotatable bonds is 4. The van der Waals surface area contributed by atoms with Crippen LogP contribution in [-0.2, 0) is 10.3 Å². The summed E-state index contributed by atoms with van der Waals surface area (Å²) in [6.07, 6.45) is 6.41. The van der Waals surface area contributed by atoms with E-state index in [2.05, 4.69) is 11.0 Å². The van der Waals surface area contributed by atoms with E-state index < -0.39 is 0 Å². The van der Waals surface area contributed by atoms with Crippen molar-refractivity contribution in [3.63, 3.8) is 0 Å². The maximum absolute atomic E-state index is 11.6. The predicted octanol–water partition coefficient (Wildman–Crippen LogP) is 2.52. The highest BCUT2D eigenvalue weighted by molar-refractivity contribution is 5.92. The number of benzene rings is 1. The lowest BCUT2D eigenvalue weighted by molar-refractivity contribution is -0.170. The molecule has 0 aromatic heterocycles. The fourth-order valence-electron chi connectivity index (χ4n) is 5.04. The number of amides is 1. The van der Waals surface area contributed by atoms with Gasteiger partial charge in [-0.3, -0.25) is 9.69 Å². The van der Waals surface area contributed by atoms with Crippen LogP contribution in [0.25, 0.3) is 0 Å². The molecule has 3 fully saturated rings. The van der Waals surface area contributed by atoms with Gasteiger partial charge in [-0.2, -0.15) is 0 Å². The fourth-order valence-corrected chi connectivity index (χ4v) is 5.04. The second-order valence-electron chi connectivity index (χ2n) is 7.45. The molecule has 1 aromatic carbocycles. The summed E-state index contributed by atoms with van der Waals surface area (Å²) in [6, 6.07) is 8.63. The molecule has 1 saturated heterocycles. The minimum absolute atomic E-state index is 0.255. The molecule has 2 N–H and O–H groups in total. The number of ether oxygens (including phenoxy) is 1. The van der Waals surface area contributed by atoms with Gasteiger partial charge in [-0.25, -0.2) is 0 Å². The zero-order valence-electron chi connectivity index (χ0n) is 13.8. The maximum Gasteiger partial charge on any atom is 0.248 e. The second-order valence-corrected chi connectivity index (χ2v) is 7.45. The van der Waals surface area contributed by atoms with Gasteiger partial charge in [-0.15, -0.1) is 0 Å². The Labute approximate surface area is 138 Å². The lowest BCUT2D eigenvalue weighted by atomic mass is 9.62. The number of piperidine rings is 1. The lowest BCUT2D eigenvalue weighted by Crippen LogP contribution is -2.59. The number of nitrogens with zero attached hydrogens (tertiary/aromatic N) is 1. The molecule has 3 aliphatic rings. The second kappa shape index (κ2) is 5.60. The van der Waals surface area contributed by atoms with Crippen molar-refractivity contribution < 1.29 is 9.53 Å². The first-order valence-corrected chi connectivity index (χ1v) is 8.84. The largest absolute Gasteiger partial charge is 0.373 e. The van der Waals surface area contributed by atoms with Gasteiger partial charge in [0.05, 0.1) is 0 Å². The summed E-state index contributed by atoms with van der Waals surface area (Å²) in [5, 5.41) is 0. The molecule has 1 aromatic rings. The van der Waals surface area contributed by atoms with Crippen LogP contribution >= 0.6 is 0 Å². The van der Waals surface area contributed by atoms with E-state index in [4.69, 9.17) is 10.5 Å². The molecule has 0 spiro atoms. The number of fused-ring (bicyclic) bond motifs is 2. The Morgan fingerprint density at radius 1 is 1.22 bits per heavy atom. The Kier molecular flexibility index (Phi) is 3.69. The third kappa shape index (κ3) is 2.39. The molecule has 0 radical (unpaired) electrons. The molecule has 2 aliphatic carbocycles.